The molecule has 4 heterocycles. The molecule has 3 aromatic heterocycles. The van der Waals surface area contributed by atoms with Crippen molar-refractivity contribution in [3.8, 4) is 0 Å². The van der Waals surface area contributed by atoms with Gasteiger partial charge in [0.25, 0.3) is 0 Å². The smallest absolute Gasteiger partial charge is 0.129 e. The normalized spacial score (nSPS) is 14.7. The van der Waals surface area contributed by atoms with Crippen molar-refractivity contribution < 1.29 is 4.74 Å². The van der Waals surface area contributed by atoms with Crippen LogP contribution < -0.4 is 0 Å². The van der Waals surface area contributed by atoms with E-state index in [1.807, 2.05) is 12.3 Å². The lowest BCUT2D eigenvalue weighted by Crippen LogP contribution is -2.27. The molecule has 142 valence electrons. The standard InChI is InChI=1S/C22H23N5O/c1-13-21(15-11-28-12-15)14(2)25-19(24-13)8-9-20-26-22-16-5-4-10-23-17(16)6-7-18(22)27(20)3/h4-7,10,15H,8-9,11-12H2,1-3H3. The Morgan fingerprint density at radius 1 is 1.04 bits per heavy atom. The molecule has 0 N–H and O–H groups in total. The fraction of sp³-hybridized carbons (Fsp3) is 0.364. The first-order valence-electron chi connectivity index (χ1n) is 9.72. The van der Waals surface area contributed by atoms with Crippen LogP contribution in [-0.2, 0) is 24.6 Å². The van der Waals surface area contributed by atoms with E-state index in [4.69, 9.17) is 19.7 Å². The van der Waals surface area contributed by atoms with Crippen molar-refractivity contribution in [2.75, 3.05) is 13.2 Å². The van der Waals surface area contributed by atoms with Crippen LogP contribution in [0.25, 0.3) is 21.9 Å². The highest BCUT2D eigenvalue weighted by molar-refractivity contribution is 6.02. The molecule has 0 spiro atoms. The van der Waals surface area contributed by atoms with E-state index in [0.717, 1.165) is 71.0 Å². The Bertz CT molecular complexity index is 1170. The van der Waals surface area contributed by atoms with Crippen molar-refractivity contribution >= 4 is 21.9 Å². The van der Waals surface area contributed by atoms with Crippen molar-refractivity contribution in [3.63, 3.8) is 0 Å². The van der Waals surface area contributed by atoms with E-state index in [0.29, 0.717) is 5.92 Å². The van der Waals surface area contributed by atoms with E-state index in [9.17, 15) is 0 Å². The van der Waals surface area contributed by atoms with E-state index in [2.05, 4.69) is 48.6 Å². The maximum atomic E-state index is 5.34. The van der Waals surface area contributed by atoms with E-state index in [1.165, 1.54) is 5.56 Å². The van der Waals surface area contributed by atoms with Crippen molar-refractivity contribution in [2.45, 2.75) is 32.6 Å². The van der Waals surface area contributed by atoms with Gasteiger partial charge in [-0.2, -0.15) is 0 Å². The summed E-state index contributed by atoms with van der Waals surface area (Å²) in [5.74, 6) is 2.38. The summed E-state index contributed by atoms with van der Waals surface area (Å²) in [7, 11) is 2.07. The summed E-state index contributed by atoms with van der Waals surface area (Å²) in [6.45, 7) is 5.74. The number of aromatic nitrogens is 5. The highest BCUT2D eigenvalue weighted by Crippen LogP contribution is 2.28. The van der Waals surface area contributed by atoms with Crippen LogP contribution >= 0.6 is 0 Å². The third kappa shape index (κ3) is 2.76. The molecule has 0 bridgehead atoms. The van der Waals surface area contributed by atoms with E-state index in [1.54, 1.807) is 0 Å². The minimum atomic E-state index is 0.454. The van der Waals surface area contributed by atoms with Crippen molar-refractivity contribution in [1.82, 2.24) is 24.5 Å². The van der Waals surface area contributed by atoms with Crippen LogP contribution in [0.4, 0.5) is 0 Å². The van der Waals surface area contributed by atoms with Gasteiger partial charge in [0.15, 0.2) is 0 Å². The molecule has 0 radical (unpaired) electrons. The Morgan fingerprint density at radius 2 is 1.82 bits per heavy atom. The van der Waals surface area contributed by atoms with Crippen molar-refractivity contribution in [1.29, 1.82) is 0 Å². The zero-order valence-corrected chi connectivity index (χ0v) is 16.4. The lowest BCUT2D eigenvalue weighted by Gasteiger charge is -2.28. The van der Waals surface area contributed by atoms with Gasteiger partial charge in [-0.1, -0.05) is 0 Å². The number of rotatable bonds is 4. The Morgan fingerprint density at radius 3 is 2.54 bits per heavy atom. The topological polar surface area (TPSA) is 65.7 Å². The molecule has 28 heavy (non-hydrogen) atoms. The fourth-order valence-electron chi connectivity index (χ4n) is 4.20. The van der Waals surface area contributed by atoms with Crippen LogP contribution in [0, 0.1) is 13.8 Å². The largest absolute Gasteiger partial charge is 0.380 e. The van der Waals surface area contributed by atoms with Gasteiger partial charge in [0.2, 0.25) is 0 Å². The summed E-state index contributed by atoms with van der Waals surface area (Å²) in [5, 5.41) is 1.09. The van der Waals surface area contributed by atoms with Gasteiger partial charge in [0.1, 0.15) is 11.6 Å². The second-order valence-electron chi connectivity index (χ2n) is 7.55. The minimum Gasteiger partial charge on any atom is -0.380 e. The third-order valence-corrected chi connectivity index (χ3v) is 5.72. The van der Waals surface area contributed by atoms with Gasteiger partial charge in [0, 0.05) is 54.3 Å². The maximum absolute atomic E-state index is 5.34. The quantitative estimate of drug-likeness (QED) is 0.548. The van der Waals surface area contributed by atoms with Gasteiger partial charge >= 0.3 is 0 Å². The van der Waals surface area contributed by atoms with E-state index in [-0.39, 0.29) is 0 Å². The molecule has 0 unspecified atom stereocenters. The molecule has 1 saturated heterocycles. The first-order valence-corrected chi connectivity index (χ1v) is 9.72. The number of imidazole rings is 1. The van der Waals surface area contributed by atoms with Crippen LogP contribution in [0.5, 0.6) is 0 Å². The SMILES string of the molecule is Cc1nc(CCc2nc3c4cccnc4ccc3n2C)nc(C)c1C1COC1. The number of benzene rings is 1. The van der Waals surface area contributed by atoms with Gasteiger partial charge < -0.3 is 9.30 Å². The first-order chi connectivity index (χ1) is 13.6. The summed E-state index contributed by atoms with van der Waals surface area (Å²) in [4.78, 5) is 18.9. The van der Waals surface area contributed by atoms with Crippen molar-refractivity contribution in [3.05, 3.63) is 59.1 Å². The molecule has 0 amide bonds. The predicted octanol–water partition coefficient (Wildman–Crippen LogP) is 3.43. The lowest BCUT2D eigenvalue weighted by molar-refractivity contribution is 0.00756. The summed E-state index contributed by atoms with van der Waals surface area (Å²) in [6.07, 6.45) is 3.40. The van der Waals surface area contributed by atoms with Crippen LogP contribution in [0.1, 0.15) is 34.5 Å². The molecule has 6 nitrogen and oxygen atoms in total. The van der Waals surface area contributed by atoms with Crippen LogP contribution in [-0.4, -0.2) is 37.7 Å². The minimum absolute atomic E-state index is 0.454. The number of pyridine rings is 1. The second kappa shape index (κ2) is 6.63. The molecule has 0 saturated carbocycles. The molecule has 0 aliphatic carbocycles. The molecule has 1 aliphatic rings. The monoisotopic (exact) mass is 373 g/mol. The molecule has 0 atom stereocenters. The summed E-state index contributed by atoms with van der Waals surface area (Å²) in [5.41, 5.74) is 6.54. The Balaban J connectivity index is 1.44. The molecular formula is C22H23N5O. The Kier molecular flexibility index (Phi) is 4.09. The third-order valence-electron chi connectivity index (χ3n) is 5.72. The number of aryl methyl sites for hydroxylation is 5. The number of nitrogens with zero attached hydrogens (tertiary/aromatic N) is 5. The van der Waals surface area contributed by atoms with Crippen LogP contribution in [0.15, 0.2) is 30.5 Å². The molecule has 6 heteroatoms. The predicted molar refractivity (Wildman–Crippen MR) is 108 cm³/mol. The molecule has 5 rings (SSSR count). The van der Waals surface area contributed by atoms with Crippen LogP contribution in [0.3, 0.4) is 0 Å². The van der Waals surface area contributed by atoms with Gasteiger partial charge in [-0.05, 0) is 38.1 Å². The van der Waals surface area contributed by atoms with E-state index < -0.39 is 0 Å². The molecule has 1 aromatic carbocycles. The van der Waals surface area contributed by atoms with Gasteiger partial charge in [-0.3, -0.25) is 4.98 Å². The summed E-state index contributed by atoms with van der Waals surface area (Å²) in [6, 6.07) is 8.20. The number of hydrogen-bond acceptors (Lipinski definition) is 5. The van der Waals surface area contributed by atoms with Gasteiger partial charge in [-0.15, -0.1) is 0 Å². The lowest BCUT2D eigenvalue weighted by atomic mass is 9.95. The Hall–Kier alpha value is -2.86. The Labute approximate surface area is 163 Å². The zero-order valence-electron chi connectivity index (χ0n) is 16.4. The van der Waals surface area contributed by atoms with Crippen molar-refractivity contribution in [2.24, 2.45) is 7.05 Å². The molecular weight excluding hydrogens is 350 g/mol. The molecule has 1 fully saturated rings. The average Bonchev–Trinajstić information content (AvgIpc) is 2.98. The maximum Gasteiger partial charge on any atom is 0.129 e. The number of ether oxygens (including phenoxy) is 1. The number of fused-ring (bicyclic) bond motifs is 3. The van der Waals surface area contributed by atoms with Gasteiger partial charge in [-0.25, -0.2) is 15.0 Å². The molecule has 1 aliphatic heterocycles. The second-order valence-corrected chi connectivity index (χ2v) is 7.55. The van der Waals surface area contributed by atoms with Crippen LogP contribution in [0.2, 0.25) is 0 Å². The summed E-state index contributed by atoms with van der Waals surface area (Å²) < 4.78 is 7.50. The fourth-order valence-corrected chi connectivity index (χ4v) is 4.20. The van der Waals surface area contributed by atoms with Gasteiger partial charge in [0.05, 0.1) is 29.8 Å². The number of hydrogen-bond donors (Lipinski definition) is 0. The summed E-state index contributed by atoms with van der Waals surface area (Å²) >= 11 is 0. The van der Waals surface area contributed by atoms with E-state index >= 15 is 0 Å². The first kappa shape index (κ1) is 17.3. The average molecular weight is 373 g/mol. The molecule has 4 aromatic rings. The highest BCUT2D eigenvalue weighted by atomic mass is 16.5. The highest BCUT2D eigenvalue weighted by Gasteiger charge is 2.25. The zero-order chi connectivity index (χ0) is 19.3.